The van der Waals surface area contributed by atoms with Crippen LogP contribution >= 0.6 is 0 Å². The number of rotatable bonds is 9. The molecule has 1 aromatic carbocycles. The van der Waals surface area contributed by atoms with E-state index in [-0.39, 0.29) is 5.97 Å². The van der Waals surface area contributed by atoms with Gasteiger partial charge in [-0.25, -0.2) is 4.79 Å². The molecule has 0 saturated carbocycles. The number of benzene rings is 1. The fraction of sp³-hybridized carbons (Fsp3) is 0.412. The lowest BCUT2D eigenvalue weighted by Gasteiger charge is -2.07. The van der Waals surface area contributed by atoms with Gasteiger partial charge >= 0.3 is 11.9 Å². The van der Waals surface area contributed by atoms with Crippen molar-refractivity contribution in [2.24, 2.45) is 0 Å². The molecule has 1 rings (SSSR count). The summed E-state index contributed by atoms with van der Waals surface area (Å²) >= 11 is 0. The third kappa shape index (κ3) is 7.30. The van der Waals surface area contributed by atoms with E-state index in [0.717, 1.165) is 25.3 Å². The minimum Gasteiger partial charge on any atom is -0.478 e. The Hall–Kier alpha value is -2.10. The summed E-state index contributed by atoms with van der Waals surface area (Å²) in [5.41, 5.74) is 0.583. The molecule has 0 spiro atoms. The highest BCUT2D eigenvalue weighted by atomic mass is 16.5. The topological polar surface area (TPSA) is 63.6 Å². The van der Waals surface area contributed by atoms with Gasteiger partial charge in [-0.3, -0.25) is 4.79 Å². The number of unbranched alkanes of at least 4 members (excludes halogenated alkanes) is 4. The number of hydrogen-bond donors (Lipinski definition) is 1. The molecule has 0 bridgehead atoms. The Bertz CT molecular complexity index is 491. The summed E-state index contributed by atoms with van der Waals surface area (Å²) in [6, 6.07) is 6.89. The molecule has 1 N–H and O–H groups in total. The van der Waals surface area contributed by atoms with Gasteiger partial charge in [0, 0.05) is 18.1 Å². The molecule has 4 heteroatoms. The summed E-state index contributed by atoms with van der Waals surface area (Å²) in [6.07, 6.45) is 8.20. The van der Waals surface area contributed by atoms with Gasteiger partial charge in [0.05, 0.1) is 0 Å². The van der Waals surface area contributed by atoms with Crippen molar-refractivity contribution in [3.63, 3.8) is 0 Å². The minimum absolute atomic E-state index is 0.275. The Morgan fingerprint density at radius 1 is 1.14 bits per heavy atom. The molecule has 0 aliphatic carbocycles. The molecule has 0 unspecified atom stereocenters. The summed E-state index contributed by atoms with van der Waals surface area (Å²) in [4.78, 5) is 22.3. The standard InChI is InChI=1S/C17H22O4/c1-2-3-4-5-6-11-17(20)21-15-10-8-7-9-14(15)12-13-16(18)19/h7-10,12-13H,2-6,11H2,1H3,(H,18,19)/b13-12+. The molecule has 0 aliphatic heterocycles. The Balaban J connectivity index is 2.50. The first-order valence-corrected chi connectivity index (χ1v) is 7.34. The van der Waals surface area contributed by atoms with Crippen molar-refractivity contribution in [3.05, 3.63) is 35.9 Å². The van der Waals surface area contributed by atoms with Gasteiger partial charge in [0.15, 0.2) is 0 Å². The molecule has 0 aliphatic rings. The summed E-state index contributed by atoms with van der Waals surface area (Å²) in [5.74, 6) is -0.914. The fourth-order valence-corrected chi connectivity index (χ4v) is 1.92. The molecule has 1 aromatic rings. The Labute approximate surface area is 125 Å². The normalized spacial score (nSPS) is 10.7. The number of hydrogen-bond acceptors (Lipinski definition) is 3. The molecule has 21 heavy (non-hydrogen) atoms. The van der Waals surface area contributed by atoms with E-state index in [1.54, 1.807) is 24.3 Å². The number of carboxylic acids is 1. The third-order valence-electron chi connectivity index (χ3n) is 3.03. The Kier molecular flexibility index (Phi) is 7.87. The number of carboxylic acid groups (broad SMARTS) is 1. The number of carbonyl (C=O) groups excluding carboxylic acids is 1. The van der Waals surface area contributed by atoms with Gasteiger partial charge in [0.25, 0.3) is 0 Å². The van der Waals surface area contributed by atoms with Crippen LogP contribution < -0.4 is 4.74 Å². The highest BCUT2D eigenvalue weighted by Crippen LogP contribution is 2.20. The molecule has 4 nitrogen and oxygen atoms in total. The lowest BCUT2D eigenvalue weighted by atomic mass is 10.1. The molecule has 0 heterocycles. The molecular weight excluding hydrogens is 268 g/mol. The van der Waals surface area contributed by atoms with Crippen LogP contribution in [0, 0.1) is 0 Å². The zero-order chi connectivity index (χ0) is 15.5. The van der Waals surface area contributed by atoms with Crippen LogP contribution in [0.2, 0.25) is 0 Å². The van der Waals surface area contributed by atoms with Crippen molar-refractivity contribution < 1.29 is 19.4 Å². The van der Waals surface area contributed by atoms with Crippen LogP contribution in [0.5, 0.6) is 5.75 Å². The van der Waals surface area contributed by atoms with Gasteiger partial charge in [0.2, 0.25) is 0 Å². The second-order valence-electron chi connectivity index (χ2n) is 4.85. The van der Waals surface area contributed by atoms with Crippen LogP contribution in [0.4, 0.5) is 0 Å². The largest absolute Gasteiger partial charge is 0.478 e. The van der Waals surface area contributed by atoms with Crippen LogP contribution in [-0.2, 0) is 9.59 Å². The predicted octanol–water partition coefficient (Wildman–Crippen LogP) is 4.05. The van der Waals surface area contributed by atoms with Crippen molar-refractivity contribution in [1.29, 1.82) is 0 Å². The zero-order valence-electron chi connectivity index (χ0n) is 12.4. The van der Waals surface area contributed by atoms with Crippen LogP contribution in [0.1, 0.15) is 51.0 Å². The predicted molar refractivity (Wildman–Crippen MR) is 82.1 cm³/mol. The van der Waals surface area contributed by atoms with Crippen LogP contribution in [0.15, 0.2) is 30.3 Å². The molecule has 0 atom stereocenters. The molecule has 0 saturated heterocycles. The molecule has 0 amide bonds. The van der Waals surface area contributed by atoms with E-state index in [1.807, 2.05) is 0 Å². The number of carbonyl (C=O) groups is 2. The SMILES string of the molecule is CCCCCCCC(=O)Oc1ccccc1/C=C/C(=O)O. The highest BCUT2D eigenvalue weighted by molar-refractivity contribution is 5.86. The van der Waals surface area contributed by atoms with Crippen molar-refractivity contribution in [2.75, 3.05) is 0 Å². The van der Waals surface area contributed by atoms with E-state index < -0.39 is 5.97 Å². The molecule has 114 valence electrons. The monoisotopic (exact) mass is 290 g/mol. The number of aliphatic carboxylic acids is 1. The van der Waals surface area contributed by atoms with E-state index in [2.05, 4.69) is 6.92 Å². The molecular formula is C17H22O4. The second-order valence-corrected chi connectivity index (χ2v) is 4.85. The van der Waals surface area contributed by atoms with Gasteiger partial charge in [-0.2, -0.15) is 0 Å². The van der Waals surface area contributed by atoms with E-state index in [9.17, 15) is 9.59 Å². The Morgan fingerprint density at radius 3 is 2.57 bits per heavy atom. The van der Waals surface area contributed by atoms with Gasteiger partial charge < -0.3 is 9.84 Å². The Morgan fingerprint density at radius 2 is 1.86 bits per heavy atom. The first kappa shape index (κ1) is 17.0. The summed E-state index contributed by atoms with van der Waals surface area (Å²) in [5, 5.41) is 8.64. The van der Waals surface area contributed by atoms with Gasteiger partial charge in [-0.1, -0.05) is 50.8 Å². The maximum absolute atomic E-state index is 11.8. The molecule has 0 fully saturated rings. The number of para-hydroxylation sites is 1. The fourth-order valence-electron chi connectivity index (χ4n) is 1.92. The van der Waals surface area contributed by atoms with Gasteiger partial charge in [0.1, 0.15) is 5.75 Å². The smallest absolute Gasteiger partial charge is 0.328 e. The van der Waals surface area contributed by atoms with Crippen molar-refractivity contribution in [2.45, 2.75) is 45.4 Å². The lowest BCUT2D eigenvalue weighted by molar-refractivity contribution is -0.134. The average molecular weight is 290 g/mol. The first-order chi connectivity index (χ1) is 10.1. The average Bonchev–Trinajstić information content (AvgIpc) is 2.46. The maximum atomic E-state index is 11.8. The van der Waals surface area contributed by atoms with Gasteiger partial charge in [-0.15, -0.1) is 0 Å². The number of ether oxygens (including phenoxy) is 1. The molecule has 0 radical (unpaired) electrons. The van der Waals surface area contributed by atoms with E-state index in [4.69, 9.17) is 9.84 Å². The van der Waals surface area contributed by atoms with Gasteiger partial charge in [-0.05, 0) is 18.6 Å². The summed E-state index contributed by atoms with van der Waals surface area (Å²) in [6.45, 7) is 2.15. The second kappa shape index (κ2) is 9.75. The molecule has 0 aromatic heterocycles. The van der Waals surface area contributed by atoms with E-state index >= 15 is 0 Å². The minimum atomic E-state index is -1.04. The van der Waals surface area contributed by atoms with Crippen LogP contribution in [0.25, 0.3) is 6.08 Å². The van der Waals surface area contributed by atoms with Crippen molar-refractivity contribution in [1.82, 2.24) is 0 Å². The van der Waals surface area contributed by atoms with E-state index in [0.29, 0.717) is 17.7 Å². The first-order valence-electron chi connectivity index (χ1n) is 7.34. The zero-order valence-corrected chi connectivity index (χ0v) is 12.4. The van der Waals surface area contributed by atoms with Crippen molar-refractivity contribution >= 4 is 18.0 Å². The summed E-state index contributed by atoms with van der Waals surface area (Å²) in [7, 11) is 0. The lowest BCUT2D eigenvalue weighted by Crippen LogP contribution is -2.08. The maximum Gasteiger partial charge on any atom is 0.328 e. The van der Waals surface area contributed by atoms with Crippen LogP contribution in [0.3, 0.4) is 0 Å². The number of esters is 1. The highest BCUT2D eigenvalue weighted by Gasteiger charge is 2.07. The van der Waals surface area contributed by atoms with Crippen molar-refractivity contribution in [3.8, 4) is 5.75 Å². The quantitative estimate of drug-likeness (QED) is 0.322. The van der Waals surface area contributed by atoms with E-state index in [1.165, 1.54) is 18.9 Å². The summed E-state index contributed by atoms with van der Waals surface area (Å²) < 4.78 is 5.30. The third-order valence-corrected chi connectivity index (χ3v) is 3.03. The van der Waals surface area contributed by atoms with Crippen LogP contribution in [-0.4, -0.2) is 17.0 Å².